The molecule has 3 rings (SSSR count). The number of nitrogens with one attached hydrogen (secondary N) is 1. The van der Waals surface area contributed by atoms with E-state index in [1.54, 1.807) is 0 Å². The van der Waals surface area contributed by atoms with Gasteiger partial charge in [0.15, 0.2) is 0 Å². The van der Waals surface area contributed by atoms with Crippen molar-refractivity contribution >= 4 is 12.0 Å². The Balaban J connectivity index is 1.95. The Morgan fingerprint density at radius 3 is 2.09 bits per heavy atom. The summed E-state index contributed by atoms with van der Waals surface area (Å²) >= 11 is 0. The number of carboxylic acid groups (broad SMARTS) is 1. The van der Waals surface area contributed by atoms with E-state index < -0.39 is 58.8 Å². The summed E-state index contributed by atoms with van der Waals surface area (Å²) in [6.45, 7) is 1.31. The Labute approximate surface area is 189 Å². The number of alkyl halides is 6. The molecule has 0 spiro atoms. The standard InChI is InChI=1S/C22H19F7N2O3/c1-11-2-3-12(8-17(11)23)16-10-31(20(33)34)5-4-18(16)30-19(32)13-6-14(21(24,25)26)9-15(7-13)22(27,28)29/h2-3,6-9,16,18H,4-5,10H2,1H3,(H,30,32)(H,33,34)/t16-,18+/m0/s1. The number of aryl methyl sites for hydroxylation is 1. The molecule has 1 fully saturated rings. The van der Waals surface area contributed by atoms with E-state index in [1.165, 1.54) is 19.1 Å². The SMILES string of the molecule is Cc1ccc([C@@H]2CN(C(=O)O)CC[C@H]2NC(=O)c2cc(C(F)(F)F)cc(C(F)(F)F)c2)cc1F. The summed E-state index contributed by atoms with van der Waals surface area (Å²) in [4.78, 5) is 25.2. The van der Waals surface area contributed by atoms with Crippen molar-refractivity contribution in [3.8, 4) is 0 Å². The third-order valence-corrected chi connectivity index (χ3v) is 5.67. The molecule has 2 amide bonds. The Morgan fingerprint density at radius 1 is 1.00 bits per heavy atom. The van der Waals surface area contributed by atoms with Gasteiger partial charge < -0.3 is 15.3 Å². The molecule has 12 heteroatoms. The summed E-state index contributed by atoms with van der Waals surface area (Å²) in [5.74, 6) is -2.55. The lowest BCUT2D eigenvalue weighted by molar-refractivity contribution is -0.143. The second-order valence-electron chi connectivity index (χ2n) is 8.01. The van der Waals surface area contributed by atoms with Crippen molar-refractivity contribution < 1.29 is 45.4 Å². The maximum atomic E-state index is 14.1. The molecule has 1 heterocycles. The van der Waals surface area contributed by atoms with Crippen molar-refractivity contribution in [1.82, 2.24) is 10.2 Å². The first-order valence-corrected chi connectivity index (χ1v) is 10.0. The van der Waals surface area contributed by atoms with Gasteiger partial charge in [-0.1, -0.05) is 12.1 Å². The van der Waals surface area contributed by atoms with Crippen LogP contribution in [-0.2, 0) is 12.4 Å². The minimum Gasteiger partial charge on any atom is -0.465 e. The van der Waals surface area contributed by atoms with Gasteiger partial charge in [-0.25, -0.2) is 9.18 Å². The second kappa shape index (κ2) is 9.15. The first-order chi connectivity index (χ1) is 15.7. The minimum atomic E-state index is -5.12. The van der Waals surface area contributed by atoms with Gasteiger partial charge in [-0.2, -0.15) is 26.3 Å². The molecule has 2 N–H and O–H groups in total. The number of hydrogen-bond donors (Lipinski definition) is 2. The molecule has 0 aromatic heterocycles. The quantitative estimate of drug-likeness (QED) is 0.561. The Morgan fingerprint density at radius 2 is 1.59 bits per heavy atom. The zero-order chi connectivity index (χ0) is 25.4. The third kappa shape index (κ3) is 5.60. The summed E-state index contributed by atoms with van der Waals surface area (Å²) in [6.07, 6.45) is -11.5. The van der Waals surface area contributed by atoms with Gasteiger partial charge in [-0.15, -0.1) is 0 Å². The van der Waals surface area contributed by atoms with Crippen molar-refractivity contribution in [2.45, 2.75) is 37.7 Å². The lowest BCUT2D eigenvalue weighted by Crippen LogP contribution is -2.51. The molecule has 5 nitrogen and oxygen atoms in total. The largest absolute Gasteiger partial charge is 0.465 e. The van der Waals surface area contributed by atoms with Crippen LogP contribution in [-0.4, -0.2) is 41.1 Å². The van der Waals surface area contributed by atoms with E-state index in [0.29, 0.717) is 23.3 Å². The molecular formula is C22H19F7N2O3. The van der Waals surface area contributed by atoms with Crippen LogP contribution in [0, 0.1) is 12.7 Å². The predicted molar refractivity (Wildman–Crippen MR) is 106 cm³/mol. The molecule has 2 atom stereocenters. The molecule has 1 aliphatic heterocycles. The highest BCUT2D eigenvalue weighted by Gasteiger charge is 2.38. The zero-order valence-corrected chi connectivity index (χ0v) is 17.6. The lowest BCUT2D eigenvalue weighted by atomic mass is 9.85. The number of likely N-dealkylation sites (tertiary alicyclic amines) is 1. The van der Waals surface area contributed by atoms with E-state index in [4.69, 9.17) is 0 Å². The highest BCUT2D eigenvalue weighted by molar-refractivity contribution is 5.95. The van der Waals surface area contributed by atoms with E-state index in [0.717, 1.165) is 11.0 Å². The number of halogens is 7. The maximum Gasteiger partial charge on any atom is 0.416 e. The molecule has 1 saturated heterocycles. The lowest BCUT2D eigenvalue weighted by Gasteiger charge is -2.38. The van der Waals surface area contributed by atoms with Crippen LogP contribution in [0.5, 0.6) is 0 Å². The van der Waals surface area contributed by atoms with Crippen molar-refractivity contribution in [3.63, 3.8) is 0 Å². The predicted octanol–water partition coefficient (Wildman–Crippen LogP) is 5.44. The Kier molecular flexibility index (Phi) is 6.81. The van der Waals surface area contributed by atoms with Crippen LogP contribution in [0.2, 0.25) is 0 Å². The van der Waals surface area contributed by atoms with Gasteiger partial charge in [-0.3, -0.25) is 4.79 Å². The molecule has 2 aromatic carbocycles. The zero-order valence-electron chi connectivity index (χ0n) is 17.6. The number of benzene rings is 2. The number of piperidine rings is 1. The van der Waals surface area contributed by atoms with Crippen molar-refractivity contribution in [2.24, 2.45) is 0 Å². The third-order valence-electron chi connectivity index (χ3n) is 5.67. The van der Waals surface area contributed by atoms with Gasteiger partial charge in [0.2, 0.25) is 0 Å². The normalized spacial score (nSPS) is 19.1. The molecule has 0 saturated carbocycles. The highest BCUT2D eigenvalue weighted by Crippen LogP contribution is 2.36. The van der Waals surface area contributed by atoms with Crippen LogP contribution in [0.15, 0.2) is 36.4 Å². The molecule has 34 heavy (non-hydrogen) atoms. The summed E-state index contributed by atoms with van der Waals surface area (Å²) in [5.41, 5.74) is -3.47. The number of rotatable bonds is 3. The molecule has 0 aliphatic carbocycles. The van der Waals surface area contributed by atoms with E-state index in [2.05, 4.69) is 5.32 Å². The van der Waals surface area contributed by atoms with Crippen molar-refractivity contribution in [1.29, 1.82) is 0 Å². The van der Waals surface area contributed by atoms with Crippen LogP contribution < -0.4 is 5.32 Å². The van der Waals surface area contributed by atoms with Crippen molar-refractivity contribution in [2.75, 3.05) is 13.1 Å². The van der Waals surface area contributed by atoms with Gasteiger partial charge in [-0.05, 0) is 48.7 Å². The fraction of sp³-hybridized carbons (Fsp3) is 0.364. The Hall–Kier alpha value is -3.31. The molecule has 184 valence electrons. The summed E-state index contributed by atoms with van der Waals surface area (Å²) in [7, 11) is 0. The Bertz CT molecular complexity index is 1070. The topological polar surface area (TPSA) is 69.6 Å². The average molecular weight is 492 g/mol. The number of amides is 2. The average Bonchev–Trinajstić information content (AvgIpc) is 2.74. The van der Waals surface area contributed by atoms with E-state index in [1.807, 2.05) is 0 Å². The molecular weight excluding hydrogens is 473 g/mol. The van der Waals surface area contributed by atoms with E-state index in [-0.39, 0.29) is 25.6 Å². The fourth-order valence-corrected chi connectivity index (χ4v) is 3.81. The number of nitrogens with zero attached hydrogens (tertiary/aromatic N) is 1. The minimum absolute atomic E-state index is 0.0172. The molecule has 2 aromatic rings. The van der Waals surface area contributed by atoms with Gasteiger partial charge in [0.1, 0.15) is 5.82 Å². The van der Waals surface area contributed by atoms with E-state index >= 15 is 0 Å². The smallest absolute Gasteiger partial charge is 0.416 e. The molecule has 0 bridgehead atoms. The van der Waals surface area contributed by atoms with Crippen LogP contribution in [0.3, 0.4) is 0 Å². The van der Waals surface area contributed by atoms with Crippen molar-refractivity contribution in [3.05, 3.63) is 70.0 Å². The highest BCUT2D eigenvalue weighted by atomic mass is 19.4. The van der Waals surface area contributed by atoms with Gasteiger partial charge in [0.25, 0.3) is 5.91 Å². The molecule has 1 aliphatic rings. The number of carbonyl (C=O) groups is 2. The van der Waals surface area contributed by atoms with Gasteiger partial charge in [0, 0.05) is 30.6 Å². The number of carbonyl (C=O) groups excluding carboxylic acids is 1. The van der Waals surface area contributed by atoms with Crippen LogP contribution in [0.25, 0.3) is 0 Å². The number of hydrogen-bond acceptors (Lipinski definition) is 2. The van der Waals surface area contributed by atoms with Gasteiger partial charge >= 0.3 is 18.4 Å². The first-order valence-electron chi connectivity index (χ1n) is 10.0. The summed E-state index contributed by atoms with van der Waals surface area (Å²) < 4.78 is 92.9. The molecule has 0 unspecified atom stereocenters. The summed E-state index contributed by atoms with van der Waals surface area (Å²) in [6, 6.07) is 3.82. The second-order valence-corrected chi connectivity index (χ2v) is 8.01. The monoisotopic (exact) mass is 492 g/mol. The van der Waals surface area contributed by atoms with Gasteiger partial charge in [0.05, 0.1) is 11.1 Å². The molecule has 0 radical (unpaired) electrons. The summed E-state index contributed by atoms with van der Waals surface area (Å²) in [5, 5.41) is 11.7. The fourth-order valence-electron chi connectivity index (χ4n) is 3.81. The van der Waals surface area contributed by atoms with Crippen LogP contribution >= 0.6 is 0 Å². The van der Waals surface area contributed by atoms with Crippen LogP contribution in [0.4, 0.5) is 35.5 Å². The first kappa shape index (κ1) is 25.3. The van der Waals surface area contributed by atoms with E-state index in [9.17, 15) is 45.4 Å². The maximum absolute atomic E-state index is 14.1. The van der Waals surface area contributed by atoms with Crippen LogP contribution in [0.1, 0.15) is 45.0 Å².